The Bertz CT molecular complexity index is 1570. The minimum atomic E-state index is -3.76. The topological polar surface area (TPSA) is 96.0 Å². The lowest BCUT2D eigenvalue weighted by atomic mass is 10.0. The van der Waals surface area contributed by atoms with Crippen LogP contribution < -0.4 is 10.1 Å². The molecular formula is C34H37N3O5S. The lowest BCUT2D eigenvalue weighted by Gasteiger charge is -2.33. The molecule has 0 saturated carbocycles. The minimum Gasteiger partial charge on any atom is -0.497 e. The fraction of sp³-hybridized carbons (Fsp3) is 0.235. The normalized spacial score (nSPS) is 12.0. The predicted molar refractivity (Wildman–Crippen MR) is 167 cm³/mol. The number of hydrogen-bond acceptors (Lipinski definition) is 5. The monoisotopic (exact) mass is 599 g/mol. The van der Waals surface area contributed by atoms with Gasteiger partial charge in [-0.25, -0.2) is 8.42 Å². The molecule has 0 spiro atoms. The van der Waals surface area contributed by atoms with Crippen molar-refractivity contribution in [3.05, 3.63) is 138 Å². The van der Waals surface area contributed by atoms with E-state index in [4.69, 9.17) is 4.74 Å². The Labute approximate surface area is 254 Å². The predicted octanol–water partition coefficient (Wildman–Crippen LogP) is 4.41. The zero-order chi connectivity index (χ0) is 30.7. The van der Waals surface area contributed by atoms with Gasteiger partial charge < -0.3 is 15.0 Å². The van der Waals surface area contributed by atoms with Crippen LogP contribution in [-0.4, -0.2) is 55.4 Å². The zero-order valence-corrected chi connectivity index (χ0v) is 25.2. The van der Waals surface area contributed by atoms with Gasteiger partial charge in [0.1, 0.15) is 11.8 Å². The molecule has 4 aromatic carbocycles. The molecule has 0 radical (unpaired) electrons. The summed E-state index contributed by atoms with van der Waals surface area (Å²) in [5, 5.41) is 3.00. The highest BCUT2D eigenvalue weighted by molar-refractivity contribution is 7.88. The van der Waals surface area contributed by atoms with Crippen molar-refractivity contribution in [3.63, 3.8) is 0 Å². The van der Waals surface area contributed by atoms with Crippen LogP contribution in [0.2, 0.25) is 0 Å². The highest BCUT2D eigenvalue weighted by Crippen LogP contribution is 2.19. The summed E-state index contributed by atoms with van der Waals surface area (Å²) in [6.07, 6.45) is 1.34. The van der Waals surface area contributed by atoms with E-state index in [1.165, 1.54) is 4.90 Å². The number of amides is 2. The first-order valence-corrected chi connectivity index (χ1v) is 15.8. The number of nitrogens with one attached hydrogen (secondary N) is 1. The molecule has 0 saturated heterocycles. The Kier molecular flexibility index (Phi) is 11.1. The number of carbonyl (C=O) groups excluding carboxylic acids is 2. The average Bonchev–Trinajstić information content (AvgIpc) is 3.02. The van der Waals surface area contributed by atoms with Crippen molar-refractivity contribution >= 4 is 21.8 Å². The largest absolute Gasteiger partial charge is 0.497 e. The number of hydrogen-bond donors (Lipinski definition) is 1. The fourth-order valence-electron chi connectivity index (χ4n) is 4.70. The second-order valence-corrected chi connectivity index (χ2v) is 12.3. The summed E-state index contributed by atoms with van der Waals surface area (Å²) in [5.74, 6) is -0.148. The lowest BCUT2D eigenvalue weighted by Crippen LogP contribution is -2.53. The Morgan fingerprint density at radius 2 is 1.23 bits per heavy atom. The molecular weight excluding hydrogens is 562 g/mol. The molecule has 0 aromatic heterocycles. The molecule has 1 atom stereocenters. The molecule has 1 unspecified atom stereocenters. The number of ether oxygens (including phenoxy) is 1. The SMILES string of the molecule is COc1ccc(CN(C(=O)CN(Cc2ccccc2)S(C)(=O)=O)C(Cc2ccccc2)C(=O)NCc2ccccc2)cc1. The molecule has 0 heterocycles. The van der Waals surface area contributed by atoms with Crippen LogP contribution in [0.25, 0.3) is 0 Å². The summed E-state index contributed by atoms with van der Waals surface area (Å²) >= 11 is 0. The third-order valence-electron chi connectivity index (χ3n) is 7.08. The standard InChI is InChI=1S/C34H37N3O5S/c1-42-31-20-18-30(19-21-31)25-37(33(38)26-36(43(2,40)41)24-29-16-10-5-11-17-29)32(22-27-12-6-3-7-13-27)34(39)35-23-28-14-8-4-9-15-28/h3-21,32H,22-26H2,1-2H3,(H,35,39). The molecule has 4 rings (SSSR count). The Balaban J connectivity index is 1.68. The van der Waals surface area contributed by atoms with Crippen LogP contribution in [0, 0.1) is 0 Å². The maximum Gasteiger partial charge on any atom is 0.243 e. The van der Waals surface area contributed by atoms with Crippen molar-refractivity contribution in [2.75, 3.05) is 19.9 Å². The highest BCUT2D eigenvalue weighted by atomic mass is 32.2. The van der Waals surface area contributed by atoms with Crippen molar-refractivity contribution in [1.82, 2.24) is 14.5 Å². The van der Waals surface area contributed by atoms with Crippen LogP contribution in [0.3, 0.4) is 0 Å². The van der Waals surface area contributed by atoms with Crippen molar-refractivity contribution in [1.29, 1.82) is 0 Å². The van der Waals surface area contributed by atoms with Crippen molar-refractivity contribution in [2.24, 2.45) is 0 Å². The Hall–Kier alpha value is -4.47. The summed E-state index contributed by atoms with van der Waals surface area (Å²) in [6, 6.07) is 34.5. The van der Waals surface area contributed by atoms with Gasteiger partial charge in [0.15, 0.2) is 0 Å². The van der Waals surface area contributed by atoms with Gasteiger partial charge in [-0.05, 0) is 34.4 Å². The number of carbonyl (C=O) groups is 2. The van der Waals surface area contributed by atoms with Gasteiger partial charge in [-0.1, -0.05) is 103 Å². The molecule has 0 aliphatic carbocycles. The number of methoxy groups -OCH3 is 1. The van der Waals surface area contributed by atoms with Crippen molar-refractivity contribution < 1.29 is 22.7 Å². The Morgan fingerprint density at radius 1 is 0.721 bits per heavy atom. The second-order valence-electron chi connectivity index (χ2n) is 10.3. The van der Waals surface area contributed by atoms with E-state index >= 15 is 0 Å². The van der Waals surface area contributed by atoms with Crippen molar-refractivity contribution in [2.45, 2.75) is 32.1 Å². The molecule has 0 aliphatic rings. The van der Waals surface area contributed by atoms with E-state index in [2.05, 4.69) is 5.32 Å². The Morgan fingerprint density at radius 3 is 1.77 bits per heavy atom. The van der Waals surface area contributed by atoms with Gasteiger partial charge in [0.2, 0.25) is 21.8 Å². The zero-order valence-electron chi connectivity index (χ0n) is 24.4. The summed E-state index contributed by atoms with van der Waals surface area (Å²) in [7, 11) is -2.18. The smallest absolute Gasteiger partial charge is 0.243 e. The molecule has 4 aromatic rings. The molecule has 8 nitrogen and oxygen atoms in total. The van der Waals surface area contributed by atoms with Crippen LogP contribution in [0.4, 0.5) is 0 Å². The van der Waals surface area contributed by atoms with Crippen molar-refractivity contribution in [3.8, 4) is 5.75 Å². The van der Waals surface area contributed by atoms with Crippen LogP contribution in [-0.2, 0) is 45.7 Å². The fourth-order valence-corrected chi connectivity index (χ4v) is 5.43. The van der Waals surface area contributed by atoms with Gasteiger partial charge in [-0.2, -0.15) is 4.31 Å². The third kappa shape index (κ3) is 9.52. The first kappa shape index (κ1) is 31.5. The first-order valence-electron chi connectivity index (χ1n) is 14.0. The maximum atomic E-state index is 14.1. The number of rotatable bonds is 14. The van der Waals surface area contributed by atoms with E-state index in [9.17, 15) is 18.0 Å². The van der Waals surface area contributed by atoms with Crippen LogP contribution in [0.5, 0.6) is 5.75 Å². The van der Waals surface area contributed by atoms with Gasteiger partial charge in [-0.3, -0.25) is 9.59 Å². The highest BCUT2D eigenvalue weighted by Gasteiger charge is 2.33. The maximum absolute atomic E-state index is 14.1. The lowest BCUT2D eigenvalue weighted by molar-refractivity contribution is -0.141. The average molecular weight is 600 g/mol. The summed E-state index contributed by atoms with van der Waals surface area (Å²) < 4.78 is 32.1. The summed E-state index contributed by atoms with van der Waals surface area (Å²) in [5.41, 5.74) is 3.33. The number of nitrogens with zero attached hydrogens (tertiary/aromatic N) is 2. The van der Waals surface area contributed by atoms with E-state index in [0.29, 0.717) is 12.3 Å². The molecule has 0 bridgehead atoms. The molecule has 0 fully saturated rings. The number of sulfonamides is 1. The molecule has 43 heavy (non-hydrogen) atoms. The quantitative estimate of drug-likeness (QED) is 0.232. The summed E-state index contributed by atoms with van der Waals surface area (Å²) in [4.78, 5) is 29.5. The molecule has 2 amide bonds. The van der Waals surface area contributed by atoms with Crippen LogP contribution in [0.1, 0.15) is 22.3 Å². The van der Waals surface area contributed by atoms with Crippen LogP contribution >= 0.6 is 0 Å². The molecule has 9 heteroatoms. The van der Waals surface area contributed by atoms with E-state index in [1.807, 2.05) is 103 Å². The molecule has 0 aliphatic heterocycles. The van der Waals surface area contributed by atoms with E-state index in [1.54, 1.807) is 19.2 Å². The second kappa shape index (κ2) is 15.1. The molecule has 1 N–H and O–H groups in total. The van der Waals surface area contributed by atoms with Gasteiger partial charge in [-0.15, -0.1) is 0 Å². The van der Waals surface area contributed by atoms with E-state index in [-0.39, 0.29) is 25.4 Å². The minimum absolute atomic E-state index is 0.0331. The van der Waals surface area contributed by atoms with Crippen LogP contribution in [0.15, 0.2) is 115 Å². The number of benzene rings is 4. The first-order chi connectivity index (χ1) is 20.7. The van der Waals surface area contributed by atoms with Gasteiger partial charge in [0.25, 0.3) is 0 Å². The summed E-state index contributed by atoms with van der Waals surface area (Å²) in [6.45, 7) is 0.00745. The van der Waals surface area contributed by atoms with Gasteiger partial charge in [0, 0.05) is 26.1 Å². The van der Waals surface area contributed by atoms with Gasteiger partial charge >= 0.3 is 0 Å². The van der Waals surface area contributed by atoms with E-state index < -0.39 is 28.5 Å². The van der Waals surface area contributed by atoms with E-state index in [0.717, 1.165) is 32.8 Å². The van der Waals surface area contributed by atoms with Gasteiger partial charge in [0.05, 0.1) is 19.9 Å². The third-order valence-corrected chi connectivity index (χ3v) is 8.27. The molecule has 224 valence electrons.